The third-order valence-corrected chi connectivity index (χ3v) is 4.46. The first-order valence-corrected chi connectivity index (χ1v) is 8.86. The molecule has 0 atom stereocenters. The smallest absolute Gasteiger partial charge is 0.252 e. The summed E-state index contributed by atoms with van der Waals surface area (Å²) in [5.74, 6) is 1.02. The fourth-order valence-corrected chi connectivity index (χ4v) is 3.14. The van der Waals surface area contributed by atoms with E-state index < -0.39 is 5.54 Å². The van der Waals surface area contributed by atoms with Gasteiger partial charge in [0.05, 0.1) is 18.0 Å². The zero-order chi connectivity index (χ0) is 17.9. The molecule has 132 valence electrons. The highest BCUT2D eigenvalue weighted by molar-refractivity contribution is 6.07. The molecule has 25 heavy (non-hydrogen) atoms. The zero-order valence-electron chi connectivity index (χ0n) is 15.2. The Morgan fingerprint density at radius 2 is 1.88 bits per heavy atom. The number of hydrogen-bond donors (Lipinski definition) is 1. The Bertz CT molecular complexity index is 755. The highest BCUT2D eigenvalue weighted by Crippen LogP contribution is 2.35. The van der Waals surface area contributed by atoms with Crippen molar-refractivity contribution in [2.75, 3.05) is 23.4 Å². The third kappa shape index (κ3) is 3.95. The molecular formula is C21H26N2O2. The summed E-state index contributed by atoms with van der Waals surface area (Å²) in [6, 6.07) is 16.1. The summed E-state index contributed by atoms with van der Waals surface area (Å²) in [5, 5.41) is 3.33. The highest BCUT2D eigenvalue weighted by atomic mass is 16.5. The number of nitrogens with one attached hydrogen (secondary N) is 1. The number of unbranched alkanes of at least 4 members (excludes halogenated alkanes) is 1. The van der Waals surface area contributed by atoms with Gasteiger partial charge >= 0.3 is 0 Å². The van der Waals surface area contributed by atoms with Gasteiger partial charge < -0.3 is 15.0 Å². The van der Waals surface area contributed by atoms with Gasteiger partial charge in [0, 0.05) is 6.54 Å². The van der Waals surface area contributed by atoms with Crippen LogP contribution in [0.1, 0.15) is 32.3 Å². The topological polar surface area (TPSA) is 41.6 Å². The van der Waals surface area contributed by atoms with E-state index in [9.17, 15) is 4.79 Å². The number of fused-ring (bicyclic) bond motifs is 1. The number of rotatable bonds is 6. The summed E-state index contributed by atoms with van der Waals surface area (Å²) < 4.78 is 5.80. The lowest BCUT2D eigenvalue weighted by Gasteiger charge is -2.40. The molecule has 4 nitrogen and oxygen atoms in total. The van der Waals surface area contributed by atoms with Crippen molar-refractivity contribution in [3.8, 4) is 5.75 Å². The Kier molecular flexibility index (Phi) is 4.98. The van der Waals surface area contributed by atoms with Crippen LogP contribution in [0.15, 0.2) is 48.5 Å². The van der Waals surface area contributed by atoms with Gasteiger partial charge in [-0.2, -0.15) is 0 Å². The molecule has 3 rings (SSSR count). The molecule has 0 bridgehead atoms. The number of nitrogens with zero attached hydrogens (tertiary/aromatic N) is 1. The first kappa shape index (κ1) is 17.3. The molecule has 0 saturated carbocycles. The first-order valence-electron chi connectivity index (χ1n) is 8.86. The quantitative estimate of drug-likeness (QED) is 0.794. The van der Waals surface area contributed by atoms with Gasteiger partial charge in [-0.1, -0.05) is 24.3 Å². The van der Waals surface area contributed by atoms with E-state index in [4.69, 9.17) is 4.74 Å². The number of aryl methyl sites for hydroxylation is 1. The van der Waals surface area contributed by atoms with Gasteiger partial charge in [0.25, 0.3) is 5.91 Å². The molecule has 0 saturated heterocycles. The van der Waals surface area contributed by atoms with Crippen molar-refractivity contribution < 1.29 is 9.53 Å². The molecule has 0 unspecified atom stereocenters. The predicted molar refractivity (Wildman–Crippen MR) is 102 cm³/mol. The van der Waals surface area contributed by atoms with Crippen molar-refractivity contribution in [2.24, 2.45) is 0 Å². The van der Waals surface area contributed by atoms with E-state index in [1.54, 1.807) is 0 Å². The monoisotopic (exact) mass is 338 g/mol. The summed E-state index contributed by atoms with van der Waals surface area (Å²) in [7, 11) is 0. The van der Waals surface area contributed by atoms with Crippen molar-refractivity contribution in [2.45, 2.75) is 39.2 Å². The predicted octanol–water partition coefficient (Wildman–Crippen LogP) is 4.39. The number of hydrogen-bond acceptors (Lipinski definition) is 3. The minimum absolute atomic E-state index is 0.116. The van der Waals surface area contributed by atoms with E-state index in [0.717, 1.165) is 30.0 Å². The van der Waals surface area contributed by atoms with Gasteiger partial charge in [0.1, 0.15) is 11.3 Å². The first-order chi connectivity index (χ1) is 12.0. The number of anilines is 2. The van der Waals surface area contributed by atoms with Gasteiger partial charge in [-0.15, -0.1) is 0 Å². The van der Waals surface area contributed by atoms with Crippen molar-refractivity contribution in [1.29, 1.82) is 0 Å². The minimum atomic E-state index is -0.577. The zero-order valence-corrected chi connectivity index (χ0v) is 15.2. The molecule has 0 radical (unpaired) electrons. The van der Waals surface area contributed by atoms with Gasteiger partial charge in [0.2, 0.25) is 0 Å². The normalized spacial score (nSPS) is 15.5. The van der Waals surface area contributed by atoms with Crippen LogP contribution in [0.25, 0.3) is 0 Å². The van der Waals surface area contributed by atoms with Crippen molar-refractivity contribution in [3.05, 3.63) is 54.1 Å². The van der Waals surface area contributed by atoms with Gasteiger partial charge in [-0.3, -0.25) is 4.79 Å². The van der Waals surface area contributed by atoms with Crippen LogP contribution in [-0.2, 0) is 4.79 Å². The molecule has 1 heterocycles. The Labute approximate surface area is 149 Å². The number of para-hydroxylation sites is 2. The van der Waals surface area contributed by atoms with Crippen LogP contribution >= 0.6 is 0 Å². The minimum Gasteiger partial charge on any atom is -0.494 e. The van der Waals surface area contributed by atoms with E-state index in [-0.39, 0.29) is 5.91 Å². The SMILES string of the molecule is Cc1cccc(OCCCCN2C(=O)C(C)(C)Nc3ccccc32)c1. The van der Waals surface area contributed by atoms with Gasteiger partial charge in [-0.25, -0.2) is 0 Å². The standard InChI is InChI=1S/C21H26N2O2/c1-16-9-8-10-17(15-16)25-14-7-6-13-23-19-12-5-4-11-18(19)22-21(2,3)20(23)24/h4-5,8-12,15,22H,6-7,13-14H2,1-3H3. The molecule has 0 aliphatic carbocycles. The van der Waals surface area contributed by atoms with E-state index in [1.165, 1.54) is 5.56 Å². The van der Waals surface area contributed by atoms with Gasteiger partial charge in [-0.05, 0) is 63.4 Å². The van der Waals surface area contributed by atoms with Crippen LogP contribution in [0.3, 0.4) is 0 Å². The van der Waals surface area contributed by atoms with Crippen LogP contribution in [0, 0.1) is 6.92 Å². The maximum atomic E-state index is 12.8. The second-order valence-corrected chi connectivity index (χ2v) is 7.10. The summed E-state index contributed by atoms with van der Waals surface area (Å²) in [5.41, 5.74) is 2.60. The van der Waals surface area contributed by atoms with Crippen LogP contribution in [-0.4, -0.2) is 24.6 Å². The average molecular weight is 338 g/mol. The number of carbonyl (C=O) groups is 1. The molecule has 0 spiro atoms. The summed E-state index contributed by atoms with van der Waals surface area (Å²) >= 11 is 0. The Morgan fingerprint density at radius 3 is 2.68 bits per heavy atom. The second kappa shape index (κ2) is 7.18. The second-order valence-electron chi connectivity index (χ2n) is 7.10. The highest BCUT2D eigenvalue weighted by Gasteiger charge is 2.37. The number of amides is 1. The summed E-state index contributed by atoms with van der Waals surface area (Å²) in [6.07, 6.45) is 1.82. The van der Waals surface area contributed by atoms with Crippen LogP contribution < -0.4 is 15.0 Å². The van der Waals surface area contributed by atoms with E-state index in [0.29, 0.717) is 13.2 Å². The van der Waals surface area contributed by atoms with Crippen LogP contribution in [0.5, 0.6) is 5.75 Å². The molecule has 1 N–H and O–H groups in total. The van der Waals surface area contributed by atoms with E-state index in [1.807, 2.05) is 61.2 Å². The molecule has 1 aliphatic heterocycles. The Hall–Kier alpha value is -2.49. The van der Waals surface area contributed by atoms with Crippen molar-refractivity contribution in [3.63, 3.8) is 0 Å². The fourth-order valence-electron chi connectivity index (χ4n) is 3.14. The van der Waals surface area contributed by atoms with Crippen molar-refractivity contribution >= 4 is 17.3 Å². The Morgan fingerprint density at radius 1 is 1.08 bits per heavy atom. The number of benzene rings is 2. The lowest BCUT2D eigenvalue weighted by atomic mass is 9.98. The number of ether oxygens (including phenoxy) is 1. The molecule has 2 aromatic carbocycles. The molecule has 0 aromatic heterocycles. The van der Waals surface area contributed by atoms with Crippen molar-refractivity contribution in [1.82, 2.24) is 0 Å². The Balaban J connectivity index is 1.56. The largest absolute Gasteiger partial charge is 0.494 e. The molecule has 1 aliphatic rings. The third-order valence-electron chi connectivity index (χ3n) is 4.46. The van der Waals surface area contributed by atoms with Gasteiger partial charge in [0.15, 0.2) is 0 Å². The average Bonchev–Trinajstić information content (AvgIpc) is 2.57. The lowest BCUT2D eigenvalue weighted by Crippen LogP contribution is -2.54. The molecule has 0 fully saturated rings. The molecular weight excluding hydrogens is 312 g/mol. The summed E-state index contributed by atoms with van der Waals surface area (Å²) in [4.78, 5) is 14.7. The maximum absolute atomic E-state index is 12.8. The lowest BCUT2D eigenvalue weighted by molar-refractivity contribution is -0.122. The van der Waals surface area contributed by atoms with Crippen LogP contribution in [0.4, 0.5) is 11.4 Å². The van der Waals surface area contributed by atoms with E-state index in [2.05, 4.69) is 18.3 Å². The summed E-state index contributed by atoms with van der Waals surface area (Å²) in [6.45, 7) is 7.28. The molecule has 1 amide bonds. The molecule has 4 heteroatoms. The molecule has 2 aromatic rings. The fraction of sp³-hybridized carbons (Fsp3) is 0.381. The van der Waals surface area contributed by atoms with Crippen LogP contribution in [0.2, 0.25) is 0 Å². The maximum Gasteiger partial charge on any atom is 0.252 e. The van der Waals surface area contributed by atoms with E-state index >= 15 is 0 Å². The number of carbonyl (C=O) groups excluding carboxylic acids is 1.